The topological polar surface area (TPSA) is 75.3 Å². The van der Waals surface area contributed by atoms with Crippen LogP contribution in [0, 0.1) is 13.8 Å². The fraction of sp³-hybridized carbons (Fsp3) is 0.611. The zero-order valence-corrected chi connectivity index (χ0v) is 16.0. The lowest BCUT2D eigenvalue weighted by Gasteiger charge is -2.14. The smallest absolute Gasteiger partial charge is 0.240 e. The van der Waals surface area contributed by atoms with Gasteiger partial charge in [-0.25, -0.2) is 13.1 Å². The van der Waals surface area contributed by atoms with Crippen molar-refractivity contribution in [3.63, 3.8) is 0 Å². The third-order valence-electron chi connectivity index (χ3n) is 4.08. The first-order chi connectivity index (χ1) is 11.3. The average Bonchev–Trinajstić information content (AvgIpc) is 2.49. The molecule has 6 heteroatoms. The first kappa shape index (κ1) is 20.6. The van der Waals surface area contributed by atoms with Crippen LogP contribution in [0.3, 0.4) is 0 Å². The molecule has 1 aromatic rings. The number of hydrogen-bond donors (Lipinski definition) is 2. The number of benzene rings is 1. The van der Waals surface area contributed by atoms with Crippen LogP contribution in [0.15, 0.2) is 23.1 Å². The van der Waals surface area contributed by atoms with Crippen molar-refractivity contribution in [2.75, 3.05) is 6.54 Å². The van der Waals surface area contributed by atoms with Gasteiger partial charge < -0.3 is 5.32 Å². The quantitative estimate of drug-likeness (QED) is 0.634. The highest BCUT2D eigenvalue weighted by Gasteiger charge is 2.15. The van der Waals surface area contributed by atoms with E-state index in [0.29, 0.717) is 0 Å². The van der Waals surface area contributed by atoms with Crippen molar-refractivity contribution in [1.82, 2.24) is 10.0 Å². The minimum atomic E-state index is -3.57. The summed E-state index contributed by atoms with van der Waals surface area (Å²) in [6.07, 6.45) is 4.50. The summed E-state index contributed by atoms with van der Waals surface area (Å²) < 4.78 is 27.0. The first-order valence-corrected chi connectivity index (χ1v) is 10.1. The number of sulfonamides is 1. The number of nitrogens with one attached hydrogen (secondary N) is 2. The number of amides is 1. The zero-order chi connectivity index (χ0) is 18.2. The van der Waals surface area contributed by atoms with Gasteiger partial charge in [-0.2, -0.15) is 0 Å². The van der Waals surface area contributed by atoms with E-state index in [-0.39, 0.29) is 29.8 Å². The Morgan fingerprint density at radius 3 is 2.50 bits per heavy atom. The van der Waals surface area contributed by atoms with Gasteiger partial charge in [0.05, 0.1) is 4.90 Å². The van der Waals surface area contributed by atoms with Gasteiger partial charge in [0.15, 0.2) is 0 Å². The molecule has 1 rings (SSSR count). The molecule has 24 heavy (non-hydrogen) atoms. The summed E-state index contributed by atoms with van der Waals surface area (Å²) in [5, 5.41) is 2.91. The minimum absolute atomic E-state index is 0.1000. The number of carbonyl (C=O) groups is 1. The molecule has 2 N–H and O–H groups in total. The van der Waals surface area contributed by atoms with Crippen LogP contribution in [-0.2, 0) is 14.8 Å². The largest absolute Gasteiger partial charge is 0.354 e. The Morgan fingerprint density at radius 2 is 1.88 bits per heavy atom. The molecule has 0 radical (unpaired) electrons. The van der Waals surface area contributed by atoms with E-state index >= 15 is 0 Å². The van der Waals surface area contributed by atoms with Crippen molar-refractivity contribution in [2.24, 2.45) is 0 Å². The molecule has 136 valence electrons. The number of hydrogen-bond acceptors (Lipinski definition) is 3. The van der Waals surface area contributed by atoms with Crippen LogP contribution in [0.25, 0.3) is 0 Å². The highest BCUT2D eigenvalue weighted by Crippen LogP contribution is 2.14. The molecule has 0 saturated carbocycles. The maximum absolute atomic E-state index is 12.2. The van der Waals surface area contributed by atoms with E-state index in [1.54, 1.807) is 18.2 Å². The van der Waals surface area contributed by atoms with Gasteiger partial charge in [0.2, 0.25) is 15.9 Å². The van der Waals surface area contributed by atoms with E-state index in [9.17, 15) is 13.2 Å². The fourth-order valence-electron chi connectivity index (χ4n) is 2.38. The Bertz CT molecular complexity index is 642. The van der Waals surface area contributed by atoms with E-state index in [1.807, 2.05) is 20.8 Å². The number of carbonyl (C=O) groups excluding carboxylic acids is 1. The lowest BCUT2D eigenvalue weighted by Crippen LogP contribution is -2.35. The Labute approximate surface area is 146 Å². The van der Waals surface area contributed by atoms with Crippen LogP contribution < -0.4 is 10.0 Å². The Kier molecular flexibility index (Phi) is 8.42. The van der Waals surface area contributed by atoms with Crippen molar-refractivity contribution >= 4 is 15.9 Å². The Morgan fingerprint density at radius 1 is 1.17 bits per heavy atom. The predicted molar refractivity (Wildman–Crippen MR) is 97.5 cm³/mol. The fourth-order valence-corrected chi connectivity index (χ4v) is 3.50. The van der Waals surface area contributed by atoms with Gasteiger partial charge in [0.1, 0.15) is 0 Å². The van der Waals surface area contributed by atoms with Gasteiger partial charge in [-0.15, -0.1) is 0 Å². The van der Waals surface area contributed by atoms with Crippen LogP contribution in [-0.4, -0.2) is 26.9 Å². The van der Waals surface area contributed by atoms with Gasteiger partial charge in [0.25, 0.3) is 0 Å². The SMILES string of the molecule is CCCCCC(C)NC(=O)CCNS(=O)(=O)c1ccc(C)c(C)c1. The lowest BCUT2D eigenvalue weighted by molar-refractivity contribution is -0.121. The van der Waals surface area contributed by atoms with E-state index in [4.69, 9.17) is 0 Å². The summed E-state index contributed by atoms with van der Waals surface area (Å²) >= 11 is 0. The van der Waals surface area contributed by atoms with Crippen molar-refractivity contribution < 1.29 is 13.2 Å². The van der Waals surface area contributed by atoms with E-state index in [0.717, 1.165) is 36.8 Å². The second kappa shape index (κ2) is 9.79. The third kappa shape index (κ3) is 7.01. The molecule has 0 spiro atoms. The van der Waals surface area contributed by atoms with Crippen molar-refractivity contribution in [3.05, 3.63) is 29.3 Å². The molecule has 0 bridgehead atoms. The molecule has 0 fully saturated rings. The Hall–Kier alpha value is -1.40. The van der Waals surface area contributed by atoms with Crippen LogP contribution >= 0.6 is 0 Å². The van der Waals surface area contributed by atoms with Crippen LogP contribution in [0.2, 0.25) is 0 Å². The Balaban J connectivity index is 2.42. The molecule has 0 aromatic heterocycles. The maximum Gasteiger partial charge on any atom is 0.240 e. The minimum Gasteiger partial charge on any atom is -0.354 e. The summed E-state index contributed by atoms with van der Waals surface area (Å²) in [4.78, 5) is 12.1. The molecule has 1 aromatic carbocycles. The summed E-state index contributed by atoms with van der Waals surface area (Å²) in [5.41, 5.74) is 1.97. The molecule has 1 atom stereocenters. The molecular weight excluding hydrogens is 324 g/mol. The summed E-state index contributed by atoms with van der Waals surface area (Å²) in [7, 11) is -3.57. The average molecular weight is 355 g/mol. The third-order valence-corrected chi connectivity index (χ3v) is 5.54. The van der Waals surface area contributed by atoms with Gasteiger partial charge in [-0.1, -0.05) is 32.3 Å². The predicted octanol–water partition coefficient (Wildman–Crippen LogP) is 3.06. The van der Waals surface area contributed by atoms with Crippen molar-refractivity contribution in [3.8, 4) is 0 Å². The van der Waals surface area contributed by atoms with Gasteiger partial charge >= 0.3 is 0 Å². The molecule has 5 nitrogen and oxygen atoms in total. The molecule has 1 unspecified atom stereocenters. The standard InChI is InChI=1S/C18H30N2O3S/c1-5-6-7-8-16(4)20-18(21)11-12-19-24(22,23)17-10-9-14(2)15(3)13-17/h9-10,13,16,19H,5-8,11-12H2,1-4H3,(H,20,21). The van der Waals surface area contributed by atoms with E-state index < -0.39 is 10.0 Å². The van der Waals surface area contributed by atoms with Gasteiger partial charge in [-0.3, -0.25) is 4.79 Å². The monoisotopic (exact) mass is 354 g/mol. The second-order valence-electron chi connectivity index (χ2n) is 6.36. The highest BCUT2D eigenvalue weighted by molar-refractivity contribution is 7.89. The van der Waals surface area contributed by atoms with Crippen LogP contribution in [0.4, 0.5) is 0 Å². The van der Waals surface area contributed by atoms with Crippen molar-refractivity contribution in [1.29, 1.82) is 0 Å². The molecule has 0 aliphatic heterocycles. The normalized spacial score (nSPS) is 12.8. The van der Waals surface area contributed by atoms with Gasteiger partial charge in [0, 0.05) is 19.0 Å². The number of rotatable bonds is 10. The molecule has 0 saturated heterocycles. The lowest BCUT2D eigenvalue weighted by atomic mass is 10.1. The second-order valence-corrected chi connectivity index (χ2v) is 8.13. The molecule has 0 aliphatic carbocycles. The van der Waals surface area contributed by atoms with Gasteiger partial charge in [-0.05, 0) is 50.5 Å². The van der Waals surface area contributed by atoms with Crippen LogP contribution in [0.5, 0.6) is 0 Å². The van der Waals surface area contributed by atoms with E-state index in [1.165, 1.54) is 0 Å². The molecule has 0 aliphatic rings. The summed E-state index contributed by atoms with van der Waals surface area (Å²) in [5.74, 6) is -0.123. The highest BCUT2D eigenvalue weighted by atomic mass is 32.2. The maximum atomic E-state index is 12.2. The van der Waals surface area contributed by atoms with E-state index in [2.05, 4.69) is 17.0 Å². The molecule has 0 heterocycles. The van der Waals surface area contributed by atoms with Crippen molar-refractivity contribution in [2.45, 2.75) is 70.7 Å². The molecular formula is C18H30N2O3S. The van der Waals surface area contributed by atoms with Crippen LogP contribution in [0.1, 0.15) is 57.1 Å². The molecule has 1 amide bonds. The summed E-state index contributed by atoms with van der Waals surface area (Å²) in [6.45, 7) is 8.04. The zero-order valence-electron chi connectivity index (χ0n) is 15.2. The number of unbranched alkanes of at least 4 members (excludes halogenated alkanes) is 2. The number of aryl methyl sites for hydroxylation is 2. The first-order valence-electron chi connectivity index (χ1n) is 8.62. The summed E-state index contributed by atoms with van der Waals surface area (Å²) in [6, 6.07) is 5.14.